The number of nitrogens with zero attached hydrogens (tertiary/aromatic N) is 5. The minimum Gasteiger partial charge on any atom is -0.483 e. The predicted molar refractivity (Wildman–Crippen MR) is 101 cm³/mol. The van der Waals surface area contributed by atoms with Crippen LogP contribution < -0.4 is 9.46 Å². The van der Waals surface area contributed by atoms with E-state index in [0.717, 1.165) is 6.20 Å². The molecule has 0 aliphatic rings. The van der Waals surface area contributed by atoms with Crippen molar-refractivity contribution in [2.75, 3.05) is 17.1 Å². The standard InChI is InChI=1S/C17H15F3N6O3S/c1-2-30(27,28)26-13-9-24-16(15-21-6-3-7-22-15)25-14(13)12-5-4-11(8-23-12)29-10-17(18,19)20/h3-9,26H,2,10H2,1H3. The fourth-order valence-corrected chi connectivity index (χ4v) is 2.81. The van der Waals surface area contributed by atoms with Gasteiger partial charge in [0, 0.05) is 12.4 Å². The van der Waals surface area contributed by atoms with Crippen molar-refractivity contribution in [1.29, 1.82) is 0 Å². The minimum atomic E-state index is -4.48. The average Bonchev–Trinajstić information content (AvgIpc) is 2.73. The highest BCUT2D eigenvalue weighted by Crippen LogP contribution is 2.28. The second-order valence-corrected chi connectivity index (χ2v) is 7.83. The van der Waals surface area contributed by atoms with Crippen LogP contribution in [0, 0.1) is 0 Å². The molecule has 0 atom stereocenters. The summed E-state index contributed by atoms with van der Waals surface area (Å²) < 4.78 is 67.9. The van der Waals surface area contributed by atoms with E-state index in [9.17, 15) is 21.6 Å². The molecule has 0 aliphatic heterocycles. The maximum atomic E-state index is 12.3. The second kappa shape index (κ2) is 8.57. The summed E-state index contributed by atoms with van der Waals surface area (Å²) in [6.45, 7) is -0.00134. The number of nitrogens with one attached hydrogen (secondary N) is 1. The third-order valence-corrected chi connectivity index (χ3v) is 4.87. The van der Waals surface area contributed by atoms with Crippen LogP contribution in [0.4, 0.5) is 18.9 Å². The molecule has 0 amide bonds. The Morgan fingerprint density at radius 3 is 2.37 bits per heavy atom. The molecule has 0 aromatic carbocycles. The van der Waals surface area contributed by atoms with Gasteiger partial charge in [-0.2, -0.15) is 13.2 Å². The van der Waals surface area contributed by atoms with E-state index in [0.29, 0.717) is 0 Å². The van der Waals surface area contributed by atoms with Crippen LogP contribution in [0.1, 0.15) is 6.92 Å². The highest BCUT2D eigenvalue weighted by atomic mass is 32.2. The molecule has 0 bridgehead atoms. The van der Waals surface area contributed by atoms with E-state index in [-0.39, 0.29) is 40.2 Å². The molecule has 0 saturated heterocycles. The number of halogens is 3. The Bertz CT molecular complexity index is 1110. The number of rotatable bonds is 7. The maximum Gasteiger partial charge on any atom is 0.422 e. The topological polar surface area (TPSA) is 120 Å². The molecule has 0 radical (unpaired) electrons. The summed E-state index contributed by atoms with van der Waals surface area (Å²) in [6, 6.07) is 4.23. The minimum absolute atomic E-state index is 0.0491. The van der Waals surface area contributed by atoms with Gasteiger partial charge in [0.05, 0.1) is 29.5 Å². The number of pyridine rings is 1. The lowest BCUT2D eigenvalue weighted by molar-refractivity contribution is -0.153. The Labute approximate surface area is 169 Å². The molecule has 0 spiro atoms. The van der Waals surface area contributed by atoms with Crippen molar-refractivity contribution in [1.82, 2.24) is 24.9 Å². The highest BCUT2D eigenvalue weighted by molar-refractivity contribution is 7.92. The van der Waals surface area contributed by atoms with Gasteiger partial charge in [0.15, 0.2) is 18.3 Å². The van der Waals surface area contributed by atoms with E-state index in [4.69, 9.17) is 0 Å². The lowest BCUT2D eigenvalue weighted by atomic mass is 10.2. The van der Waals surface area contributed by atoms with E-state index in [1.54, 1.807) is 6.07 Å². The van der Waals surface area contributed by atoms with E-state index < -0.39 is 22.8 Å². The van der Waals surface area contributed by atoms with Gasteiger partial charge in [-0.25, -0.2) is 28.4 Å². The smallest absolute Gasteiger partial charge is 0.422 e. The van der Waals surface area contributed by atoms with Crippen LogP contribution in [0.2, 0.25) is 0 Å². The fraction of sp³-hybridized carbons (Fsp3) is 0.235. The molecule has 3 aromatic rings. The zero-order valence-electron chi connectivity index (χ0n) is 15.5. The number of aromatic nitrogens is 5. The van der Waals surface area contributed by atoms with Gasteiger partial charge in [0.2, 0.25) is 10.0 Å². The van der Waals surface area contributed by atoms with Crippen LogP contribution in [-0.4, -0.2) is 51.9 Å². The number of anilines is 1. The maximum absolute atomic E-state index is 12.3. The lowest BCUT2D eigenvalue weighted by Gasteiger charge is -2.12. The van der Waals surface area contributed by atoms with Gasteiger partial charge < -0.3 is 4.74 Å². The molecule has 0 unspecified atom stereocenters. The summed E-state index contributed by atoms with van der Waals surface area (Å²) in [6.07, 6.45) is 0.826. The van der Waals surface area contributed by atoms with Gasteiger partial charge in [-0.15, -0.1) is 0 Å². The molecule has 1 N–H and O–H groups in total. The summed E-state index contributed by atoms with van der Waals surface area (Å²) in [4.78, 5) is 20.5. The van der Waals surface area contributed by atoms with E-state index in [2.05, 4.69) is 34.4 Å². The Kier molecular flexibility index (Phi) is 6.10. The van der Waals surface area contributed by atoms with Gasteiger partial charge in [0.25, 0.3) is 0 Å². The first-order chi connectivity index (χ1) is 14.2. The number of hydrogen-bond acceptors (Lipinski definition) is 8. The first kappa shape index (κ1) is 21.4. The third kappa shape index (κ3) is 5.59. The van der Waals surface area contributed by atoms with Crippen molar-refractivity contribution in [2.45, 2.75) is 13.1 Å². The van der Waals surface area contributed by atoms with E-state index >= 15 is 0 Å². The molecule has 158 valence electrons. The molecule has 13 heteroatoms. The molecule has 3 rings (SSSR count). The van der Waals surface area contributed by atoms with E-state index in [1.807, 2.05) is 0 Å². The lowest BCUT2D eigenvalue weighted by Crippen LogP contribution is -2.19. The summed E-state index contributed by atoms with van der Waals surface area (Å²) >= 11 is 0. The number of hydrogen-bond donors (Lipinski definition) is 1. The molecule has 3 heterocycles. The first-order valence-corrected chi connectivity index (χ1v) is 10.1. The summed E-state index contributed by atoms with van der Waals surface area (Å²) in [5.41, 5.74) is 0.336. The van der Waals surface area contributed by atoms with Crippen LogP contribution in [0.3, 0.4) is 0 Å². The van der Waals surface area contributed by atoms with Crippen molar-refractivity contribution in [3.63, 3.8) is 0 Å². The highest BCUT2D eigenvalue weighted by Gasteiger charge is 2.28. The summed E-state index contributed by atoms with van der Waals surface area (Å²) in [7, 11) is -3.65. The normalized spacial score (nSPS) is 11.9. The zero-order valence-corrected chi connectivity index (χ0v) is 16.3. The summed E-state index contributed by atoms with van der Waals surface area (Å²) in [5, 5.41) is 0. The molecule has 9 nitrogen and oxygen atoms in total. The predicted octanol–water partition coefficient (Wildman–Crippen LogP) is 2.70. The molecule has 0 fully saturated rings. The van der Waals surface area contributed by atoms with Crippen molar-refractivity contribution < 1.29 is 26.3 Å². The quantitative estimate of drug-likeness (QED) is 0.596. The van der Waals surface area contributed by atoms with Gasteiger partial charge in [-0.3, -0.25) is 9.71 Å². The van der Waals surface area contributed by atoms with Crippen molar-refractivity contribution >= 4 is 15.7 Å². The first-order valence-electron chi connectivity index (χ1n) is 8.48. The van der Waals surface area contributed by atoms with Crippen LogP contribution >= 0.6 is 0 Å². The molecular weight excluding hydrogens is 425 g/mol. The molecule has 3 aromatic heterocycles. The molecule has 0 saturated carbocycles. The van der Waals surface area contributed by atoms with Crippen molar-refractivity contribution in [2.24, 2.45) is 0 Å². The van der Waals surface area contributed by atoms with Crippen LogP contribution in [0.5, 0.6) is 5.75 Å². The van der Waals surface area contributed by atoms with Gasteiger partial charge in [0.1, 0.15) is 11.4 Å². The SMILES string of the molecule is CCS(=O)(=O)Nc1cnc(-c2ncccn2)nc1-c1ccc(OCC(F)(F)F)cn1. The zero-order chi connectivity index (χ0) is 21.8. The van der Waals surface area contributed by atoms with Gasteiger partial charge in [-0.1, -0.05) is 0 Å². The van der Waals surface area contributed by atoms with Crippen molar-refractivity contribution in [3.8, 4) is 28.8 Å². The van der Waals surface area contributed by atoms with Crippen molar-refractivity contribution in [3.05, 3.63) is 43.0 Å². The average molecular weight is 440 g/mol. The van der Waals surface area contributed by atoms with Gasteiger partial charge >= 0.3 is 6.18 Å². The van der Waals surface area contributed by atoms with Crippen LogP contribution in [0.15, 0.2) is 43.0 Å². The number of sulfonamides is 1. The third-order valence-electron chi connectivity index (χ3n) is 3.58. The van der Waals surface area contributed by atoms with Gasteiger partial charge in [-0.05, 0) is 25.1 Å². The summed E-state index contributed by atoms with van der Waals surface area (Å²) in [5.74, 6) is 0.0265. The second-order valence-electron chi connectivity index (χ2n) is 5.82. The van der Waals surface area contributed by atoms with E-state index in [1.165, 1.54) is 37.6 Å². The largest absolute Gasteiger partial charge is 0.483 e. The monoisotopic (exact) mass is 440 g/mol. The number of ether oxygens (including phenoxy) is 1. The Hall–Kier alpha value is -3.35. The Morgan fingerprint density at radius 1 is 1.03 bits per heavy atom. The fourth-order valence-electron chi connectivity index (χ4n) is 2.18. The van der Waals surface area contributed by atoms with Crippen LogP contribution in [0.25, 0.3) is 23.0 Å². The molecular formula is C17H15F3N6O3S. The Balaban J connectivity index is 1.99. The number of alkyl halides is 3. The Morgan fingerprint density at radius 2 is 1.77 bits per heavy atom. The molecule has 0 aliphatic carbocycles. The molecule has 30 heavy (non-hydrogen) atoms. The van der Waals surface area contributed by atoms with Crippen LogP contribution in [-0.2, 0) is 10.0 Å².